The third kappa shape index (κ3) is 4.07. The Balaban J connectivity index is 1.39. The van der Waals surface area contributed by atoms with Gasteiger partial charge in [0.2, 0.25) is 0 Å². The topological polar surface area (TPSA) is 123 Å². The number of halogens is 1. The highest BCUT2D eigenvalue weighted by atomic mass is 35.5. The number of urea groups is 1. The number of hydrogen-bond acceptors (Lipinski definition) is 9. The van der Waals surface area contributed by atoms with Gasteiger partial charge in [-0.1, -0.05) is 22.9 Å². The van der Waals surface area contributed by atoms with Crippen molar-refractivity contribution in [2.45, 2.75) is 6.92 Å². The van der Waals surface area contributed by atoms with E-state index < -0.39 is 6.03 Å². The van der Waals surface area contributed by atoms with Gasteiger partial charge < -0.3 is 20.3 Å². The van der Waals surface area contributed by atoms with Gasteiger partial charge in [0.15, 0.2) is 5.82 Å². The number of nitrogens with one attached hydrogen (secondary N) is 2. The standard InChI is InChI=1S/C19H18ClN9O2S/c1-11-25-15-16(28-4-6-31-7-5-28)14(10-22-18(15)32-11)27-19(30)26-12-8-13(20)17(21-9-12)29-23-2-3-24-29/h2-3,8-10H,4-7H2,1H3,(H2,26,27,30). The molecule has 0 aromatic carbocycles. The van der Waals surface area contributed by atoms with Crippen LogP contribution in [0.15, 0.2) is 30.9 Å². The van der Waals surface area contributed by atoms with Gasteiger partial charge in [0.05, 0.1) is 65.1 Å². The molecule has 2 N–H and O–H groups in total. The molecular weight excluding hydrogens is 454 g/mol. The Hall–Kier alpha value is -3.35. The Kier molecular flexibility index (Phi) is 5.55. The predicted molar refractivity (Wildman–Crippen MR) is 122 cm³/mol. The number of hydrogen-bond donors (Lipinski definition) is 2. The molecule has 0 spiro atoms. The van der Waals surface area contributed by atoms with Crippen LogP contribution in [0.5, 0.6) is 0 Å². The number of rotatable bonds is 4. The third-order valence-corrected chi connectivity index (χ3v) is 5.93. The second-order valence-corrected chi connectivity index (χ2v) is 8.52. The molecule has 4 aromatic rings. The second kappa shape index (κ2) is 8.65. The highest BCUT2D eigenvalue weighted by Gasteiger charge is 2.22. The van der Waals surface area contributed by atoms with Crippen molar-refractivity contribution in [1.82, 2.24) is 29.9 Å². The minimum Gasteiger partial charge on any atom is -0.378 e. The van der Waals surface area contributed by atoms with Crippen molar-refractivity contribution < 1.29 is 9.53 Å². The molecule has 1 aliphatic rings. The molecule has 0 atom stereocenters. The van der Waals surface area contributed by atoms with Crippen LogP contribution in [0.2, 0.25) is 5.02 Å². The number of morpholine rings is 1. The minimum absolute atomic E-state index is 0.300. The average molecular weight is 472 g/mol. The zero-order valence-electron chi connectivity index (χ0n) is 16.9. The van der Waals surface area contributed by atoms with E-state index in [9.17, 15) is 4.79 Å². The lowest BCUT2D eigenvalue weighted by Gasteiger charge is -2.30. The highest BCUT2D eigenvalue weighted by molar-refractivity contribution is 7.18. The van der Waals surface area contributed by atoms with E-state index in [0.29, 0.717) is 48.5 Å². The van der Waals surface area contributed by atoms with Gasteiger partial charge in [-0.15, -0.1) is 4.80 Å². The number of carbonyl (C=O) groups excluding carboxylic acids is 1. The second-order valence-electron chi connectivity index (χ2n) is 6.93. The molecule has 0 radical (unpaired) electrons. The van der Waals surface area contributed by atoms with Gasteiger partial charge in [0, 0.05) is 13.1 Å². The van der Waals surface area contributed by atoms with Crippen LogP contribution in [0, 0.1) is 6.92 Å². The van der Waals surface area contributed by atoms with Crippen molar-refractivity contribution in [3.63, 3.8) is 0 Å². The Morgan fingerprint density at radius 3 is 2.69 bits per heavy atom. The van der Waals surface area contributed by atoms with Crippen molar-refractivity contribution in [3.8, 4) is 5.82 Å². The Bertz CT molecular complexity index is 1270. The Morgan fingerprint density at radius 2 is 1.94 bits per heavy atom. The first kappa shape index (κ1) is 20.5. The maximum Gasteiger partial charge on any atom is 0.323 e. The van der Waals surface area contributed by atoms with Crippen LogP contribution in [0.1, 0.15) is 5.01 Å². The number of nitrogens with zero attached hydrogens (tertiary/aromatic N) is 7. The van der Waals surface area contributed by atoms with Crippen LogP contribution >= 0.6 is 22.9 Å². The molecule has 5 heterocycles. The first-order valence-electron chi connectivity index (χ1n) is 9.77. The van der Waals surface area contributed by atoms with E-state index in [1.54, 1.807) is 12.3 Å². The number of anilines is 3. The number of amides is 2. The zero-order valence-corrected chi connectivity index (χ0v) is 18.5. The molecule has 13 heteroatoms. The quantitative estimate of drug-likeness (QED) is 0.465. The Labute approximate surface area is 191 Å². The lowest BCUT2D eigenvalue weighted by molar-refractivity contribution is 0.123. The number of thiazole rings is 1. The summed E-state index contributed by atoms with van der Waals surface area (Å²) in [5.41, 5.74) is 2.61. The number of pyridine rings is 2. The van der Waals surface area contributed by atoms with E-state index in [4.69, 9.17) is 16.3 Å². The molecule has 2 amide bonds. The normalized spacial score (nSPS) is 14.0. The number of carbonyl (C=O) groups is 1. The van der Waals surface area contributed by atoms with Crippen LogP contribution in [0.25, 0.3) is 16.2 Å². The maximum atomic E-state index is 12.8. The summed E-state index contributed by atoms with van der Waals surface area (Å²) in [6.45, 7) is 4.57. The summed E-state index contributed by atoms with van der Waals surface area (Å²) >= 11 is 7.81. The number of ether oxygens (including phenoxy) is 1. The molecule has 0 saturated carbocycles. The van der Waals surface area contributed by atoms with E-state index in [0.717, 1.165) is 21.0 Å². The van der Waals surface area contributed by atoms with Crippen LogP contribution < -0.4 is 15.5 Å². The highest BCUT2D eigenvalue weighted by Crippen LogP contribution is 2.36. The summed E-state index contributed by atoms with van der Waals surface area (Å²) in [5, 5.41) is 14.9. The minimum atomic E-state index is -0.449. The first-order chi connectivity index (χ1) is 15.6. The van der Waals surface area contributed by atoms with Crippen LogP contribution in [0.4, 0.5) is 21.9 Å². The van der Waals surface area contributed by atoms with Crippen molar-refractivity contribution >= 4 is 56.4 Å². The summed E-state index contributed by atoms with van der Waals surface area (Å²) < 4.78 is 5.48. The smallest absolute Gasteiger partial charge is 0.323 e. The molecule has 5 rings (SSSR count). The van der Waals surface area contributed by atoms with Crippen LogP contribution in [-0.4, -0.2) is 62.3 Å². The van der Waals surface area contributed by atoms with Gasteiger partial charge in [-0.2, -0.15) is 10.2 Å². The number of aromatic nitrogens is 6. The van der Waals surface area contributed by atoms with Crippen molar-refractivity contribution in [2.75, 3.05) is 41.8 Å². The van der Waals surface area contributed by atoms with Gasteiger partial charge in [-0.05, 0) is 13.0 Å². The lowest BCUT2D eigenvalue weighted by Crippen LogP contribution is -2.37. The summed E-state index contributed by atoms with van der Waals surface area (Å²) in [6.07, 6.45) is 6.19. The van der Waals surface area contributed by atoms with Crippen LogP contribution in [-0.2, 0) is 4.74 Å². The van der Waals surface area contributed by atoms with Gasteiger partial charge >= 0.3 is 6.03 Å². The fourth-order valence-electron chi connectivity index (χ4n) is 3.42. The van der Waals surface area contributed by atoms with Crippen LogP contribution in [0.3, 0.4) is 0 Å². The number of aryl methyl sites for hydroxylation is 1. The molecule has 32 heavy (non-hydrogen) atoms. The predicted octanol–water partition coefficient (Wildman–Crippen LogP) is 3.11. The number of fused-ring (bicyclic) bond motifs is 1. The maximum absolute atomic E-state index is 12.8. The largest absolute Gasteiger partial charge is 0.378 e. The van der Waals surface area contributed by atoms with E-state index >= 15 is 0 Å². The van der Waals surface area contributed by atoms with Gasteiger partial charge in [-0.3, -0.25) is 0 Å². The molecule has 4 aromatic heterocycles. The molecule has 0 aliphatic carbocycles. The molecule has 1 fully saturated rings. The fourth-order valence-corrected chi connectivity index (χ4v) is 4.43. The first-order valence-corrected chi connectivity index (χ1v) is 11.0. The summed E-state index contributed by atoms with van der Waals surface area (Å²) in [7, 11) is 0. The third-order valence-electron chi connectivity index (χ3n) is 4.77. The zero-order chi connectivity index (χ0) is 22.1. The molecule has 1 saturated heterocycles. The van der Waals surface area contributed by atoms with Gasteiger partial charge in [0.1, 0.15) is 10.3 Å². The fraction of sp³-hybridized carbons (Fsp3) is 0.263. The molecule has 0 bridgehead atoms. The monoisotopic (exact) mass is 471 g/mol. The lowest BCUT2D eigenvalue weighted by atomic mass is 10.2. The Morgan fingerprint density at radius 1 is 1.16 bits per heavy atom. The molecule has 164 valence electrons. The SMILES string of the molecule is Cc1nc2c(N3CCOCC3)c(NC(=O)Nc3cnc(-n4nccn4)c(Cl)c3)cnc2s1. The van der Waals surface area contributed by atoms with E-state index in [1.807, 2.05) is 6.92 Å². The van der Waals surface area contributed by atoms with Crippen molar-refractivity contribution in [2.24, 2.45) is 0 Å². The van der Waals surface area contributed by atoms with Gasteiger partial charge in [0.25, 0.3) is 0 Å². The summed E-state index contributed by atoms with van der Waals surface area (Å²) in [4.78, 5) is 30.4. The molecule has 11 nitrogen and oxygen atoms in total. The van der Waals surface area contributed by atoms with Crippen molar-refractivity contribution in [1.29, 1.82) is 0 Å². The van der Waals surface area contributed by atoms with Crippen molar-refractivity contribution in [3.05, 3.63) is 40.9 Å². The molecular formula is C19H18ClN9O2S. The molecule has 1 aliphatic heterocycles. The van der Waals surface area contributed by atoms with E-state index in [2.05, 4.69) is 40.7 Å². The van der Waals surface area contributed by atoms with E-state index in [1.165, 1.54) is 34.7 Å². The summed E-state index contributed by atoms with van der Waals surface area (Å²) in [5.74, 6) is 0.366. The van der Waals surface area contributed by atoms with Gasteiger partial charge in [-0.25, -0.2) is 19.7 Å². The summed E-state index contributed by atoms with van der Waals surface area (Å²) in [6, 6.07) is 1.14. The average Bonchev–Trinajstić information content (AvgIpc) is 3.43. The van der Waals surface area contributed by atoms with E-state index in [-0.39, 0.29) is 0 Å². The molecule has 0 unspecified atom stereocenters.